The molecule has 0 atom stereocenters. The molecule has 1 aliphatic heterocycles. The van der Waals surface area contributed by atoms with Crippen LogP contribution in [0.3, 0.4) is 0 Å². The lowest BCUT2D eigenvalue weighted by atomic mass is 10.00. The maximum absolute atomic E-state index is 12.8. The van der Waals surface area contributed by atoms with E-state index in [1.807, 2.05) is 35.4 Å². The van der Waals surface area contributed by atoms with Crippen molar-refractivity contribution in [3.8, 4) is 0 Å². The molecule has 6 heteroatoms. The molecule has 0 unspecified atom stereocenters. The molecular weight excluding hydrogens is 422 g/mol. The number of carbonyl (C=O) groups excluding carboxylic acids is 1. The van der Waals surface area contributed by atoms with Crippen molar-refractivity contribution in [1.29, 1.82) is 0 Å². The third-order valence-corrected chi connectivity index (χ3v) is 5.20. The highest BCUT2D eigenvalue weighted by Gasteiger charge is 2.23. The summed E-state index contributed by atoms with van der Waals surface area (Å²) >= 11 is 6.95. The molecule has 0 radical (unpaired) electrons. The van der Waals surface area contributed by atoms with E-state index in [1.54, 1.807) is 4.52 Å². The van der Waals surface area contributed by atoms with E-state index in [0.717, 1.165) is 27.4 Å². The van der Waals surface area contributed by atoms with Crippen molar-refractivity contribution < 1.29 is 4.79 Å². The van der Waals surface area contributed by atoms with Crippen molar-refractivity contribution >= 4 is 43.3 Å². The monoisotopic (exact) mass is 433 g/mol. The van der Waals surface area contributed by atoms with Gasteiger partial charge in [-0.3, -0.25) is 4.79 Å². The van der Waals surface area contributed by atoms with Gasteiger partial charge in [0.15, 0.2) is 5.69 Å². The number of carbonyl (C=O) groups is 1. The van der Waals surface area contributed by atoms with Gasteiger partial charge in [0, 0.05) is 28.2 Å². The molecule has 1 amide bonds. The summed E-state index contributed by atoms with van der Waals surface area (Å²) in [6.07, 6.45) is 2.74. The Morgan fingerprint density at radius 3 is 2.74 bits per heavy atom. The van der Waals surface area contributed by atoms with E-state index in [9.17, 15) is 4.79 Å². The number of hydrogen-bond acceptors (Lipinski definition) is 2. The number of pyridine rings is 1. The zero-order valence-corrected chi connectivity index (χ0v) is 15.3. The number of nitrogens with zero attached hydrogens (tertiary/aromatic N) is 3. The van der Waals surface area contributed by atoms with Gasteiger partial charge in [0.05, 0.1) is 5.52 Å². The molecule has 23 heavy (non-hydrogen) atoms. The van der Waals surface area contributed by atoms with Gasteiger partial charge < -0.3 is 4.90 Å². The Labute approximate surface area is 150 Å². The van der Waals surface area contributed by atoms with Crippen LogP contribution in [0.5, 0.6) is 0 Å². The summed E-state index contributed by atoms with van der Waals surface area (Å²) in [5, 5.41) is 4.43. The first-order chi connectivity index (χ1) is 11.1. The number of benzene rings is 1. The summed E-state index contributed by atoms with van der Waals surface area (Å²) in [4.78, 5) is 14.7. The minimum atomic E-state index is -0.0220. The Morgan fingerprint density at radius 2 is 1.91 bits per heavy atom. The molecule has 0 aliphatic carbocycles. The Bertz CT molecular complexity index is 919. The Hall–Kier alpha value is -1.66. The number of fused-ring (bicyclic) bond motifs is 2. The smallest absolute Gasteiger partial charge is 0.274 e. The normalized spacial score (nSPS) is 14.1. The van der Waals surface area contributed by atoms with Crippen LogP contribution >= 0.6 is 31.9 Å². The van der Waals surface area contributed by atoms with Crippen molar-refractivity contribution in [2.45, 2.75) is 13.0 Å². The van der Waals surface area contributed by atoms with Gasteiger partial charge in [-0.25, -0.2) is 4.52 Å². The fourth-order valence-corrected chi connectivity index (χ4v) is 4.23. The molecule has 0 bridgehead atoms. The maximum atomic E-state index is 12.8. The van der Waals surface area contributed by atoms with Crippen LogP contribution in [-0.4, -0.2) is 27.0 Å². The van der Waals surface area contributed by atoms with Gasteiger partial charge in [0.1, 0.15) is 0 Å². The van der Waals surface area contributed by atoms with Crippen LogP contribution in [0.2, 0.25) is 0 Å². The van der Waals surface area contributed by atoms with Gasteiger partial charge >= 0.3 is 0 Å². The highest BCUT2D eigenvalue weighted by molar-refractivity contribution is 9.11. The Balaban J connectivity index is 1.66. The fourth-order valence-electron chi connectivity index (χ4n) is 2.96. The standard InChI is InChI=1S/C17H13Br2N3O/c18-13-7-14(19)16-8-15(20-22(16)10-13)17(23)21-6-5-11-3-1-2-4-12(11)9-21/h1-4,7-8,10H,5-6,9H2. The third kappa shape index (κ3) is 2.70. The van der Waals surface area contributed by atoms with E-state index in [1.165, 1.54) is 11.1 Å². The number of aromatic nitrogens is 2. The Morgan fingerprint density at radius 1 is 1.13 bits per heavy atom. The average molecular weight is 435 g/mol. The van der Waals surface area contributed by atoms with E-state index in [0.29, 0.717) is 12.2 Å². The molecule has 3 aromatic rings. The molecule has 4 rings (SSSR count). The highest BCUT2D eigenvalue weighted by atomic mass is 79.9. The number of rotatable bonds is 1. The molecular formula is C17H13Br2N3O. The SMILES string of the molecule is O=C(c1cc2c(Br)cc(Br)cn2n1)N1CCc2ccccc2C1. The lowest BCUT2D eigenvalue weighted by Crippen LogP contribution is -2.36. The summed E-state index contributed by atoms with van der Waals surface area (Å²) in [5.74, 6) is -0.0220. The van der Waals surface area contributed by atoms with E-state index in [2.05, 4.69) is 49.1 Å². The summed E-state index contributed by atoms with van der Waals surface area (Å²) < 4.78 is 3.53. The first kappa shape index (κ1) is 14.9. The molecule has 116 valence electrons. The van der Waals surface area contributed by atoms with Crippen molar-refractivity contribution in [2.75, 3.05) is 6.54 Å². The van der Waals surface area contributed by atoms with Gasteiger partial charge in [0.25, 0.3) is 5.91 Å². The van der Waals surface area contributed by atoms with Crippen molar-refractivity contribution in [2.24, 2.45) is 0 Å². The van der Waals surface area contributed by atoms with Crippen LogP contribution in [0.15, 0.2) is 51.5 Å². The highest BCUT2D eigenvalue weighted by Crippen LogP contribution is 2.25. The molecule has 4 nitrogen and oxygen atoms in total. The molecule has 1 aliphatic rings. The second kappa shape index (κ2) is 5.76. The van der Waals surface area contributed by atoms with Gasteiger partial charge in [0.2, 0.25) is 0 Å². The largest absolute Gasteiger partial charge is 0.333 e. The summed E-state index contributed by atoms with van der Waals surface area (Å²) in [7, 11) is 0. The van der Waals surface area contributed by atoms with Gasteiger partial charge in [-0.1, -0.05) is 24.3 Å². The molecule has 0 fully saturated rings. The van der Waals surface area contributed by atoms with E-state index in [4.69, 9.17) is 0 Å². The van der Waals surface area contributed by atoms with E-state index < -0.39 is 0 Å². The van der Waals surface area contributed by atoms with Crippen molar-refractivity contribution in [3.05, 3.63) is 68.4 Å². The molecule has 0 N–H and O–H groups in total. The number of amides is 1. The summed E-state index contributed by atoms with van der Waals surface area (Å²) in [6, 6.07) is 12.1. The van der Waals surface area contributed by atoms with Crippen LogP contribution < -0.4 is 0 Å². The van der Waals surface area contributed by atoms with Gasteiger partial charge in [-0.2, -0.15) is 5.10 Å². The fraction of sp³-hybridized carbons (Fsp3) is 0.176. The zero-order chi connectivity index (χ0) is 16.0. The minimum absolute atomic E-state index is 0.0220. The van der Waals surface area contributed by atoms with Crippen LogP contribution in [-0.2, 0) is 13.0 Å². The molecule has 0 saturated carbocycles. The summed E-state index contributed by atoms with van der Waals surface area (Å²) in [6.45, 7) is 1.38. The molecule has 0 saturated heterocycles. The predicted octanol–water partition coefficient (Wildman–Crippen LogP) is 4.06. The number of hydrogen-bond donors (Lipinski definition) is 0. The quantitative estimate of drug-likeness (QED) is 0.579. The average Bonchev–Trinajstić information content (AvgIpc) is 2.98. The second-order valence-corrected chi connectivity index (χ2v) is 7.38. The first-order valence-corrected chi connectivity index (χ1v) is 8.91. The minimum Gasteiger partial charge on any atom is -0.333 e. The molecule has 1 aromatic carbocycles. The Kier molecular flexibility index (Phi) is 3.73. The van der Waals surface area contributed by atoms with Crippen LogP contribution in [0.25, 0.3) is 5.52 Å². The summed E-state index contributed by atoms with van der Waals surface area (Å²) in [5.41, 5.74) is 3.91. The first-order valence-electron chi connectivity index (χ1n) is 7.32. The molecule has 0 spiro atoms. The molecule has 2 aromatic heterocycles. The topological polar surface area (TPSA) is 37.6 Å². The maximum Gasteiger partial charge on any atom is 0.274 e. The lowest BCUT2D eigenvalue weighted by molar-refractivity contribution is 0.0728. The van der Waals surface area contributed by atoms with Crippen LogP contribution in [0.1, 0.15) is 21.6 Å². The zero-order valence-electron chi connectivity index (χ0n) is 12.2. The van der Waals surface area contributed by atoms with E-state index >= 15 is 0 Å². The predicted molar refractivity (Wildman–Crippen MR) is 95.5 cm³/mol. The molecule has 3 heterocycles. The van der Waals surface area contributed by atoms with Crippen LogP contribution in [0, 0.1) is 0 Å². The van der Waals surface area contributed by atoms with Crippen LogP contribution in [0.4, 0.5) is 0 Å². The number of halogens is 2. The second-order valence-electron chi connectivity index (χ2n) is 5.61. The lowest BCUT2D eigenvalue weighted by Gasteiger charge is -2.28. The van der Waals surface area contributed by atoms with E-state index in [-0.39, 0.29) is 5.91 Å². The van der Waals surface area contributed by atoms with Gasteiger partial charge in [-0.15, -0.1) is 0 Å². The van der Waals surface area contributed by atoms with Crippen molar-refractivity contribution in [3.63, 3.8) is 0 Å². The van der Waals surface area contributed by atoms with Crippen molar-refractivity contribution in [1.82, 2.24) is 14.5 Å². The van der Waals surface area contributed by atoms with Gasteiger partial charge in [-0.05, 0) is 61.5 Å². The third-order valence-electron chi connectivity index (χ3n) is 4.13.